The fourth-order valence-electron chi connectivity index (χ4n) is 1.02. The number of pyridine rings is 1. The lowest BCUT2D eigenvalue weighted by atomic mass is 10.2. The molecule has 0 saturated heterocycles. The van der Waals surface area contributed by atoms with Crippen molar-refractivity contribution < 1.29 is 22.7 Å². The van der Waals surface area contributed by atoms with Crippen molar-refractivity contribution in [1.82, 2.24) is 4.98 Å². The fraction of sp³-hybridized carbons (Fsp3) is 0.333. The van der Waals surface area contributed by atoms with E-state index in [9.17, 15) is 18.0 Å². The van der Waals surface area contributed by atoms with Crippen molar-refractivity contribution in [2.45, 2.75) is 13.3 Å². The van der Waals surface area contributed by atoms with Crippen molar-refractivity contribution in [2.24, 2.45) is 0 Å². The predicted octanol–water partition coefficient (Wildman–Crippen LogP) is 3.10. The first-order valence-electron chi connectivity index (χ1n) is 4.28. The van der Waals surface area contributed by atoms with Crippen molar-refractivity contribution in [3.8, 4) is 0 Å². The van der Waals surface area contributed by atoms with E-state index in [1.165, 1.54) is 6.92 Å². The van der Waals surface area contributed by atoms with Gasteiger partial charge in [-0.25, -0.2) is 22.9 Å². The molecule has 3 nitrogen and oxygen atoms in total. The molecule has 0 bridgehead atoms. The highest BCUT2D eigenvalue weighted by Crippen LogP contribution is 2.25. The average Bonchev–Trinajstić information content (AvgIpc) is 2.21. The van der Waals surface area contributed by atoms with Crippen LogP contribution in [0.5, 0.6) is 0 Å². The minimum Gasteiger partial charge on any atom is -0.462 e. The quantitative estimate of drug-likeness (QED) is 0.636. The van der Waals surface area contributed by atoms with E-state index < -0.39 is 29.5 Å². The molecule has 0 aliphatic heterocycles. The van der Waals surface area contributed by atoms with Crippen LogP contribution >= 0.6 is 15.9 Å². The van der Waals surface area contributed by atoms with Gasteiger partial charge < -0.3 is 4.74 Å². The summed E-state index contributed by atoms with van der Waals surface area (Å²) in [6, 6.07) is 0.677. The summed E-state index contributed by atoms with van der Waals surface area (Å²) in [5, 5.41) is 0. The lowest BCUT2D eigenvalue weighted by Gasteiger charge is -2.08. The summed E-state index contributed by atoms with van der Waals surface area (Å²) >= 11 is 2.67. The predicted molar refractivity (Wildman–Crippen MR) is 52.8 cm³/mol. The van der Waals surface area contributed by atoms with Crippen molar-refractivity contribution in [3.05, 3.63) is 27.7 Å². The number of halogens is 4. The van der Waals surface area contributed by atoms with Gasteiger partial charge in [-0.05, 0) is 28.9 Å². The van der Waals surface area contributed by atoms with Gasteiger partial charge in [-0.1, -0.05) is 0 Å². The highest BCUT2D eigenvalue weighted by molar-refractivity contribution is 9.10. The molecule has 0 atom stereocenters. The van der Waals surface area contributed by atoms with Gasteiger partial charge in [0.05, 0.1) is 12.2 Å². The summed E-state index contributed by atoms with van der Waals surface area (Å²) in [5.74, 6) is -1.91. The molecule has 0 unspecified atom stereocenters. The van der Waals surface area contributed by atoms with Crippen molar-refractivity contribution in [1.29, 1.82) is 0 Å². The Morgan fingerprint density at radius 1 is 1.62 bits per heavy atom. The summed E-state index contributed by atoms with van der Waals surface area (Å²) in [4.78, 5) is 14.5. The highest BCUT2D eigenvalue weighted by atomic mass is 79.9. The molecule has 88 valence electrons. The van der Waals surface area contributed by atoms with Crippen LogP contribution in [0.2, 0.25) is 0 Å². The first kappa shape index (κ1) is 13.0. The number of aromatic nitrogens is 1. The lowest BCUT2D eigenvalue weighted by Crippen LogP contribution is -2.11. The fourth-order valence-corrected chi connectivity index (χ4v) is 1.32. The van der Waals surface area contributed by atoms with Crippen molar-refractivity contribution >= 4 is 21.9 Å². The summed E-state index contributed by atoms with van der Waals surface area (Å²) in [7, 11) is 0. The van der Waals surface area contributed by atoms with E-state index in [0.717, 1.165) is 0 Å². The molecule has 16 heavy (non-hydrogen) atoms. The summed E-state index contributed by atoms with van der Waals surface area (Å²) < 4.78 is 42.3. The van der Waals surface area contributed by atoms with Gasteiger partial charge in [-0.15, -0.1) is 0 Å². The maximum Gasteiger partial charge on any atom is 0.340 e. The van der Waals surface area contributed by atoms with Crippen LogP contribution in [0.3, 0.4) is 0 Å². The first-order valence-corrected chi connectivity index (χ1v) is 5.07. The van der Waals surface area contributed by atoms with Crippen LogP contribution in [-0.2, 0) is 4.74 Å². The van der Waals surface area contributed by atoms with E-state index in [4.69, 9.17) is 0 Å². The Hall–Kier alpha value is -1.11. The number of alkyl halides is 2. The van der Waals surface area contributed by atoms with E-state index in [1.54, 1.807) is 0 Å². The smallest absolute Gasteiger partial charge is 0.340 e. The summed E-state index contributed by atoms with van der Waals surface area (Å²) in [6.45, 7) is 1.53. The van der Waals surface area contributed by atoms with E-state index in [2.05, 4.69) is 25.7 Å². The van der Waals surface area contributed by atoms with Crippen LogP contribution in [0.15, 0.2) is 10.7 Å². The molecule has 7 heteroatoms. The molecule has 0 spiro atoms. The molecule has 0 N–H and O–H groups in total. The van der Waals surface area contributed by atoms with Gasteiger partial charge in [-0.2, -0.15) is 0 Å². The van der Waals surface area contributed by atoms with Crippen LogP contribution in [0.4, 0.5) is 13.2 Å². The first-order chi connectivity index (χ1) is 7.47. The van der Waals surface area contributed by atoms with Gasteiger partial charge >= 0.3 is 5.97 Å². The SMILES string of the molecule is CCOC(=O)c1cc(F)c(Br)nc1C(F)F. The number of hydrogen-bond acceptors (Lipinski definition) is 3. The zero-order valence-corrected chi connectivity index (χ0v) is 9.72. The van der Waals surface area contributed by atoms with Crippen LogP contribution in [0.25, 0.3) is 0 Å². The molecule has 1 aromatic rings. The normalized spacial score (nSPS) is 10.6. The van der Waals surface area contributed by atoms with Crippen LogP contribution in [0.1, 0.15) is 29.4 Å². The third-order valence-corrected chi connectivity index (χ3v) is 2.22. The highest BCUT2D eigenvalue weighted by Gasteiger charge is 2.23. The average molecular weight is 298 g/mol. The van der Waals surface area contributed by atoms with Gasteiger partial charge in [0.15, 0.2) is 5.82 Å². The van der Waals surface area contributed by atoms with Crippen LogP contribution < -0.4 is 0 Å². The number of esters is 1. The van der Waals surface area contributed by atoms with Gasteiger partial charge in [0.2, 0.25) is 0 Å². The topological polar surface area (TPSA) is 39.2 Å². The van der Waals surface area contributed by atoms with Gasteiger partial charge in [0.1, 0.15) is 10.3 Å². The maximum absolute atomic E-state index is 13.1. The standard InChI is InChI=1S/C9H7BrF3NO2/c1-2-16-9(15)4-3-5(11)7(10)14-6(4)8(12)13/h3,8H,2H2,1H3. The third-order valence-electron chi connectivity index (χ3n) is 1.66. The Balaban J connectivity index is 3.24. The number of carbonyl (C=O) groups is 1. The lowest BCUT2D eigenvalue weighted by molar-refractivity contribution is 0.0512. The number of carbonyl (C=O) groups excluding carboxylic acids is 1. The largest absolute Gasteiger partial charge is 0.462 e. The molecule has 0 aliphatic rings. The molecule has 0 radical (unpaired) electrons. The van der Waals surface area contributed by atoms with Crippen LogP contribution in [-0.4, -0.2) is 17.6 Å². The van der Waals surface area contributed by atoms with E-state index in [-0.39, 0.29) is 11.2 Å². The molecule has 0 amide bonds. The summed E-state index contributed by atoms with van der Waals surface area (Å²) in [6.07, 6.45) is -2.98. The van der Waals surface area contributed by atoms with E-state index in [0.29, 0.717) is 6.07 Å². The van der Waals surface area contributed by atoms with Crippen molar-refractivity contribution in [3.63, 3.8) is 0 Å². The molecule has 0 aliphatic carbocycles. The monoisotopic (exact) mass is 297 g/mol. The second kappa shape index (κ2) is 5.29. The van der Waals surface area contributed by atoms with Crippen molar-refractivity contribution in [2.75, 3.05) is 6.61 Å². The van der Waals surface area contributed by atoms with E-state index >= 15 is 0 Å². The molecule has 0 fully saturated rings. The zero-order chi connectivity index (χ0) is 12.3. The molecule has 0 saturated carbocycles. The van der Waals surface area contributed by atoms with Gasteiger partial charge in [-0.3, -0.25) is 0 Å². The molecule has 0 aromatic carbocycles. The number of hydrogen-bond donors (Lipinski definition) is 0. The number of rotatable bonds is 3. The minimum absolute atomic E-state index is 0.0131. The minimum atomic E-state index is -2.98. The Morgan fingerprint density at radius 2 is 2.25 bits per heavy atom. The molecule has 1 heterocycles. The van der Waals surface area contributed by atoms with E-state index in [1.807, 2.05) is 0 Å². The van der Waals surface area contributed by atoms with Gasteiger partial charge in [0, 0.05) is 0 Å². The molecule has 1 rings (SSSR count). The molecular weight excluding hydrogens is 291 g/mol. The zero-order valence-electron chi connectivity index (χ0n) is 8.14. The van der Waals surface area contributed by atoms with Gasteiger partial charge in [0.25, 0.3) is 6.43 Å². The Kier molecular flexibility index (Phi) is 4.28. The second-order valence-corrected chi connectivity index (χ2v) is 3.47. The Morgan fingerprint density at radius 3 is 2.75 bits per heavy atom. The maximum atomic E-state index is 13.1. The van der Waals surface area contributed by atoms with Crippen LogP contribution in [0, 0.1) is 5.82 Å². The second-order valence-electron chi connectivity index (χ2n) is 2.71. The molecular formula is C9H7BrF3NO2. The number of nitrogens with zero attached hydrogens (tertiary/aromatic N) is 1. The number of ether oxygens (including phenoxy) is 1. The molecule has 1 aromatic heterocycles. The Labute approximate surface area is 97.8 Å². The summed E-state index contributed by atoms with van der Waals surface area (Å²) in [5.41, 5.74) is -1.36. The Bertz CT molecular complexity index is 412. The third kappa shape index (κ3) is 2.72.